The van der Waals surface area contributed by atoms with Crippen LogP contribution < -0.4 is 0 Å². The van der Waals surface area contributed by atoms with Gasteiger partial charge in [0, 0.05) is 12.8 Å². The van der Waals surface area contributed by atoms with E-state index in [4.69, 9.17) is 9.47 Å². The number of hydrogen-bond acceptors (Lipinski definition) is 4. The van der Waals surface area contributed by atoms with Crippen LogP contribution in [0.4, 0.5) is 0 Å². The first-order valence-electron chi connectivity index (χ1n) is 13.2. The molecule has 0 aliphatic heterocycles. The maximum atomic E-state index is 13.5. The zero-order chi connectivity index (χ0) is 26.6. The fourth-order valence-electron chi connectivity index (χ4n) is 5.33. The third-order valence-electron chi connectivity index (χ3n) is 8.17. The summed E-state index contributed by atoms with van der Waals surface area (Å²) in [6.07, 6.45) is 4.17. The van der Waals surface area contributed by atoms with Crippen molar-refractivity contribution in [2.75, 3.05) is 13.2 Å². The summed E-state index contributed by atoms with van der Waals surface area (Å²) in [5.74, 6) is -0.00534. The molecule has 1 aliphatic carbocycles. The van der Waals surface area contributed by atoms with Crippen LogP contribution >= 0.6 is 0 Å². The smallest absolute Gasteiger partial charge is 0.145 e. The SMILES string of the molecule is C[C@]1(COCc2ccc3ccccc3c2)C(=O)C/C=C\CC(=O)[C@@]1(C)COCc1ccc2ccccc2c1. The Morgan fingerprint density at radius 2 is 0.974 bits per heavy atom. The van der Waals surface area contributed by atoms with Crippen LogP contribution in [-0.4, -0.2) is 24.8 Å². The second-order valence-electron chi connectivity index (χ2n) is 10.7. The molecule has 1 aliphatic rings. The summed E-state index contributed by atoms with van der Waals surface area (Å²) in [6.45, 7) is 4.76. The van der Waals surface area contributed by atoms with Crippen molar-refractivity contribution in [2.45, 2.75) is 39.9 Å². The number of rotatable bonds is 8. The predicted molar refractivity (Wildman–Crippen MR) is 152 cm³/mol. The molecule has 0 saturated heterocycles. The quantitative estimate of drug-likeness (QED) is 0.237. The Labute approximate surface area is 224 Å². The molecule has 0 amide bonds. The minimum atomic E-state index is -1.02. The molecule has 0 N–H and O–H groups in total. The largest absolute Gasteiger partial charge is 0.376 e. The summed E-state index contributed by atoms with van der Waals surface area (Å²) in [4.78, 5) is 27.0. The van der Waals surface area contributed by atoms with Crippen LogP contribution in [0.15, 0.2) is 97.1 Å². The van der Waals surface area contributed by atoms with Crippen LogP contribution in [0.5, 0.6) is 0 Å². The van der Waals surface area contributed by atoms with Crippen LogP contribution in [0.1, 0.15) is 37.8 Å². The molecule has 0 saturated carbocycles. The highest BCUT2D eigenvalue weighted by atomic mass is 16.5. The van der Waals surface area contributed by atoms with Crippen LogP contribution in [0, 0.1) is 10.8 Å². The minimum Gasteiger partial charge on any atom is -0.376 e. The Morgan fingerprint density at radius 1 is 0.579 bits per heavy atom. The van der Waals surface area contributed by atoms with Crippen molar-refractivity contribution in [2.24, 2.45) is 10.8 Å². The van der Waals surface area contributed by atoms with Crippen molar-refractivity contribution in [1.82, 2.24) is 0 Å². The van der Waals surface area contributed by atoms with Gasteiger partial charge < -0.3 is 9.47 Å². The van der Waals surface area contributed by atoms with Crippen molar-refractivity contribution in [3.63, 3.8) is 0 Å². The molecular formula is C34H34O4. The van der Waals surface area contributed by atoms with E-state index in [0.29, 0.717) is 13.2 Å². The Balaban J connectivity index is 1.32. The number of carbonyl (C=O) groups excluding carboxylic acids is 2. The molecule has 4 nitrogen and oxygen atoms in total. The highest BCUT2D eigenvalue weighted by Gasteiger charge is 2.54. The second kappa shape index (κ2) is 11.0. The van der Waals surface area contributed by atoms with Crippen molar-refractivity contribution < 1.29 is 19.1 Å². The molecule has 4 aromatic rings. The van der Waals surface area contributed by atoms with Crippen LogP contribution in [0.2, 0.25) is 0 Å². The van der Waals surface area contributed by atoms with Crippen molar-refractivity contribution in [1.29, 1.82) is 0 Å². The van der Waals surface area contributed by atoms with Gasteiger partial charge in [0.05, 0.1) is 37.3 Å². The van der Waals surface area contributed by atoms with Gasteiger partial charge in [-0.05, 0) is 58.7 Å². The van der Waals surface area contributed by atoms with Gasteiger partial charge in [-0.3, -0.25) is 9.59 Å². The molecule has 2 atom stereocenters. The molecule has 0 spiro atoms. The first kappa shape index (κ1) is 26.0. The standard InChI is InChI=1S/C34H34O4/c1-33(23-37-21-25-15-17-27-9-3-5-11-29(27)19-25)31(35)13-7-8-14-32(36)34(33,2)24-38-22-26-16-18-28-10-4-6-12-30(28)20-26/h3-12,15-20H,13-14,21-24H2,1-2H3/b8-7-/t33-,34+. The summed E-state index contributed by atoms with van der Waals surface area (Å²) in [6, 6.07) is 28.9. The highest BCUT2D eigenvalue weighted by molar-refractivity contribution is 5.97. The maximum Gasteiger partial charge on any atom is 0.145 e. The van der Waals surface area contributed by atoms with Gasteiger partial charge in [0.1, 0.15) is 11.6 Å². The molecule has 0 unspecified atom stereocenters. The molecule has 0 aromatic heterocycles. The van der Waals surface area contributed by atoms with Gasteiger partial charge in [-0.2, -0.15) is 0 Å². The van der Waals surface area contributed by atoms with Gasteiger partial charge in [-0.15, -0.1) is 0 Å². The normalized spacial score (nSPS) is 22.9. The number of hydrogen-bond donors (Lipinski definition) is 0. The lowest BCUT2D eigenvalue weighted by Gasteiger charge is -2.44. The van der Waals surface area contributed by atoms with Crippen LogP contribution in [0.3, 0.4) is 0 Å². The van der Waals surface area contributed by atoms with E-state index in [2.05, 4.69) is 48.5 Å². The first-order valence-corrected chi connectivity index (χ1v) is 13.2. The lowest BCUT2D eigenvalue weighted by molar-refractivity contribution is -0.160. The molecule has 4 heteroatoms. The predicted octanol–water partition coefficient (Wildman–Crippen LogP) is 7.23. The molecule has 5 rings (SSSR count). The molecule has 4 aromatic carbocycles. The third kappa shape index (κ3) is 5.20. The number of benzene rings is 4. The number of ketones is 2. The summed E-state index contributed by atoms with van der Waals surface area (Å²) in [5, 5.41) is 4.64. The van der Waals surface area contributed by atoms with Gasteiger partial charge in [0.15, 0.2) is 0 Å². The Bertz CT molecular complexity index is 1390. The average molecular weight is 507 g/mol. The average Bonchev–Trinajstić information content (AvgIpc) is 2.94. The molecule has 0 radical (unpaired) electrons. The summed E-state index contributed by atoms with van der Waals surface area (Å²) in [7, 11) is 0. The fourth-order valence-corrected chi connectivity index (χ4v) is 5.33. The molecular weight excluding hydrogens is 472 g/mol. The number of allylic oxidation sites excluding steroid dienone is 2. The molecule has 194 valence electrons. The van der Waals surface area contributed by atoms with Crippen LogP contribution in [0.25, 0.3) is 21.5 Å². The first-order chi connectivity index (χ1) is 18.4. The van der Waals surface area contributed by atoms with Crippen LogP contribution in [-0.2, 0) is 32.3 Å². The fraction of sp³-hybridized carbons (Fsp3) is 0.294. The summed E-state index contributed by atoms with van der Waals surface area (Å²) in [5.41, 5.74) is 0.0293. The van der Waals surface area contributed by atoms with Crippen molar-refractivity contribution in [3.8, 4) is 0 Å². The number of fused-ring (bicyclic) bond motifs is 2. The summed E-state index contributed by atoms with van der Waals surface area (Å²) >= 11 is 0. The number of Topliss-reactive ketones (excluding diaryl/α,β-unsaturated/α-hetero) is 2. The highest BCUT2D eigenvalue weighted by Crippen LogP contribution is 2.44. The summed E-state index contributed by atoms with van der Waals surface area (Å²) < 4.78 is 12.4. The molecule has 0 bridgehead atoms. The van der Waals surface area contributed by atoms with Gasteiger partial charge in [-0.1, -0.05) is 84.9 Å². The van der Waals surface area contributed by atoms with E-state index in [1.54, 1.807) is 12.2 Å². The van der Waals surface area contributed by atoms with Gasteiger partial charge in [-0.25, -0.2) is 0 Å². The van der Waals surface area contributed by atoms with E-state index in [1.165, 1.54) is 10.8 Å². The van der Waals surface area contributed by atoms with Gasteiger partial charge in [0.2, 0.25) is 0 Å². The third-order valence-corrected chi connectivity index (χ3v) is 8.17. The molecule has 0 fully saturated rings. The lowest BCUT2D eigenvalue weighted by Crippen LogP contribution is -2.54. The van der Waals surface area contributed by atoms with E-state index in [0.717, 1.165) is 21.9 Å². The number of carbonyl (C=O) groups is 2. The Kier molecular flexibility index (Phi) is 7.55. The van der Waals surface area contributed by atoms with E-state index in [9.17, 15) is 9.59 Å². The lowest BCUT2D eigenvalue weighted by atomic mass is 9.60. The monoisotopic (exact) mass is 506 g/mol. The molecule has 0 heterocycles. The number of ether oxygens (including phenoxy) is 2. The van der Waals surface area contributed by atoms with E-state index in [1.807, 2.05) is 50.2 Å². The topological polar surface area (TPSA) is 52.6 Å². The van der Waals surface area contributed by atoms with E-state index < -0.39 is 10.8 Å². The minimum absolute atomic E-state index is 0.00267. The Hall–Kier alpha value is -3.60. The zero-order valence-corrected chi connectivity index (χ0v) is 22.1. The van der Waals surface area contributed by atoms with Gasteiger partial charge >= 0.3 is 0 Å². The second-order valence-corrected chi connectivity index (χ2v) is 10.7. The zero-order valence-electron chi connectivity index (χ0n) is 22.1. The van der Waals surface area contributed by atoms with Gasteiger partial charge in [0.25, 0.3) is 0 Å². The van der Waals surface area contributed by atoms with E-state index >= 15 is 0 Å². The molecule has 38 heavy (non-hydrogen) atoms. The van der Waals surface area contributed by atoms with Crippen molar-refractivity contribution >= 4 is 33.1 Å². The van der Waals surface area contributed by atoms with E-state index in [-0.39, 0.29) is 37.6 Å². The maximum absolute atomic E-state index is 13.5. The Morgan fingerprint density at radius 3 is 1.39 bits per heavy atom. The van der Waals surface area contributed by atoms with Crippen molar-refractivity contribution in [3.05, 3.63) is 108 Å².